The standard InChI is InChI=1S/C17H25O3/c1-10(2)14-7-6-12(4)17(19)9-16(20-13(5)18)11(3)8-15(14)17/h8-9,12,14-16,19H,1,6-7H2,2-5H3/t12-,14+,15+,16-,17-/m1/s1. The molecule has 0 aromatic rings. The van der Waals surface area contributed by atoms with Crippen molar-refractivity contribution in [2.24, 2.45) is 17.8 Å². The molecule has 0 aromatic carbocycles. The van der Waals surface area contributed by atoms with Crippen LogP contribution < -0.4 is 0 Å². The Morgan fingerprint density at radius 2 is 2.10 bits per heavy atom. The first-order valence-electron chi connectivity index (χ1n) is 7.35. The van der Waals surface area contributed by atoms with Gasteiger partial charge in [0.1, 0.15) is 6.10 Å². The first-order chi connectivity index (χ1) is 9.25. The van der Waals surface area contributed by atoms with Crippen LogP contribution in [0, 0.1) is 24.2 Å². The Kier molecular flexibility index (Phi) is 4.10. The summed E-state index contributed by atoms with van der Waals surface area (Å²) < 4.78 is 5.32. The van der Waals surface area contributed by atoms with Gasteiger partial charge < -0.3 is 9.84 Å². The third-order valence-corrected chi connectivity index (χ3v) is 4.90. The summed E-state index contributed by atoms with van der Waals surface area (Å²) in [6, 6.07) is 0. The van der Waals surface area contributed by atoms with Gasteiger partial charge in [0.25, 0.3) is 0 Å². The Balaban J connectivity index is 2.36. The number of ether oxygens (including phenoxy) is 1. The number of hydrogen-bond donors (Lipinski definition) is 1. The zero-order chi connectivity index (χ0) is 15.1. The smallest absolute Gasteiger partial charge is 0.303 e. The molecule has 0 unspecified atom stereocenters. The zero-order valence-electron chi connectivity index (χ0n) is 12.8. The molecule has 0 spiro atoms. The molecule has 1 fully saturated rings. The molecule has 0 bridgehead atoms. The summed E-state index contributed by atoms with van der Waals surface area (Å²) in [6.07, 6.45) is 5.51. The lowest BCUT2D eigenvalue weighted by Gasteiger charge is -2.51. The molecule has 1 N–H and O–H groups in total. The molecule has 0 heterocycles. The van der Waals surface area contributed by atoms with Gasteiger partial charge in [-0.05, 0) is 44.1 Å². The summed E-state index contributed by atoms with van der Waals surface area (Å²) >= 11 is 0. The Labute approximate surface area is 121 Å². The Hall–Kier alpha value is -1.09. The van der Waals surface area contributed by atoms with Crippen LogP contribution in [0.3, 0.4) is 0 Å². The van der Waals surface area contributed by atoms with Crippen molar-refractivity contribution in [2.45, 2.75) is 52.2 Å². The van der Waals surface area contributed by atoms with Gasteiger partial charge >= 0.3 is 5.97 Å². The molecule has 2 aliphatic rings. The molecular weight excluding hydrogens is 252 g/mol. The van der Waals surface area contributed by atoms with Crippen molar-refractivity contribution in [3.05, 3.63) is 30.2 Å². The van der Waals surface area contributed by atoms with E-state index in [9.17, 15) is 9.90 Å². The van der Waals surface area contributed by atoms with Gasteiger partial charge in [-0.2, -0.15) is 0 Å². The lowest BCUT2D eigenvalue weighted by Crippen LogP contribution is -2.55. The maximum atomic E-state index is 11.2. The minimum absolute atomic E-state index is 0.0376. The highest BCUT2D eigenvalue weighted by Crippen LogP contribution is 2.50. The van der Waals surface area contributed by atoms with E-state index in [0.29, 0.717) is 5.92 Å². The number of allylic oxidation sites excluding steroid dienone is 1. The largest absolute Gasteiger partial charge is 0.458 e. The SMILES string of the molecule is C=C(C)[C@@H]1CC[C@@H](C)[C@]2(O)[CH][C@@H](OC(C)=O)C(C)=C[C@@H]12. The molecule has 2 rings (SSSR count). The van der Waals surface area contributed by atoms with Crippen molar-refractivity contribution in [1.82, 2.24) is 0 Å². The molecule has 1 radical (unpaired) electrons. The quantitative estimate of drug-likeness (QED) is 0.623. The van der Waals surface area contributed by atoms with Crippen LogP contribution in [-0.4, -0.2) is 22.8 Å². The van der Waals surface area contributed by atoms with Crippen molar-refractivity contribution >= 4 is 5.97 Å². The molecule has 20 heavy (non-hydrogen) atoms. The fourth-order valence-corrected chi connectivity index (χ4v) is 3.63. The van der Waals surface area contributed by atoms with Crippen LogP contribution in [0.25, 0.3) is 0 Å². The molecule has 2 aliphatic carbocycles. The first-order valence-corrected chi connectivity index (χ1v) is 7.35. The van der Waals surface area contributed by atoms with Gasteiger partial charge in [0.15, 0.2) is 0 Å². The Morgan fingerprint density at radius 3 is 2.65 bits per heavy atom. The van der Waals surface area contributed by atoms with Gasteiger partial charge in [-0.1, -0.05) is 25.2 Å². The molecule has 3 nitrogen and oxygen atoms in total. The Morgan fingerprint density at radius 1 is 1.45 bits per heavy atom. The van der Waals surface area contributed by atoms with Crippen molar-refractivity contribution in [1.29, 1.82) is 0 Å². The summed E-state index contributed by atoms with van der Waals surface area (Å²) in [4.78, 5) is 11.2. The molecule has 3 heteroatoms. The second-order valence-corrected chi connectivity index (χ2v) is 6.45. The first kappa shape index (κ1) is 15.3. The lowest BCUT2D eigenvalue weighted by atomic mass is 9.58. The summed E-state index contributed by atoms with van der Waals surface area (Å²) in [5, 5.41) is 11.1. The number of fused-ring (bicyclic) bond motifs is 1. The van der Waals surface area contributed by atoms with Gasteiger partial charge in [-0.15, -0.1) is 0 Å². The second kappa shape index (κ2) is 5.36. The van der Waals surface area contributed by atoms with E-state index in [1.165, 1.54) is 6.92 Å². The number of carbonyl (C=O) groups is 1. The van der Waals surface area contributed by atoms with Crippen LogP contribution in [0.15, 0.2) is 23.8 Å². The summed E-state index contributed by atoms with van der Waals surface area (Å²) in [7, 11) is 0. The lowest BCUT2D eigenvalue weighted by molar-refractivity contribution is -0.147. The van der Waals surface area contributed by atoms with Crippen LogP contribution in [-0.2, 0) is 9.53 Å². The van der Waals surface area contributed by atoms with Crippen LogP contribution in [0.5, 0.6) is 0 Å². The normalized spacial score (nSPS) is 40.5. The molecule has 0 amide bonds. The van der Waals surface area contributed by atoms with Crippen LogP contribution in [0.1, 0.15) is 40.5 Å². The van der Waals surface area contributed by atoms with Gasteiger partial charge in [-0.25, -0.2) is 0 Å². The molecular formula is C17H25O3. The highest BCUT2D eigenvalue weighted by molar-refractivity contribution is 5.66. The average Bonchev–Trinajstić information content (AvgIpc) is 2.32. The van der Waals surface area contributed by atoms with E-state index in [1.807, 2.05) is 20.3 Å². The molecule has 0 saturated heterocycles. The van der Waals surface area contributed by atoms with E-state index >= 15 is 0 Å². The summed E-state index contributed by atoms with van der Waals surface area (Å²) in [5.74, 6) is 0.169. The maximum absolute atomic E-state index is 11.2. The summed E-state index contributed by atoms with van der Waals surface area (Å²) in [6.45, 7) is 11.5. The van der Waals surface area contributed by atoms with Crippen molar-refractivity contribution < 1.29 is 14.6 Å². The van der Waals surface area contributed by atoms with Gasteiger partial charge in [0, 0.05) is 19.3 Å². The molecule has 1 saturated carbocycles. The fraction of sp³-hybridized carbons (Fsp3) is 0.647. The minimum Gasteiger partial charge on any atom is -0.458 e. The van der Waals surface area contributed by atoms with Crippen molar-refractivity contribution in [2.75, 3.05) is 0 Å². The molecule has 5 atom stereocenters. The number of aliphatic hydroxyl groups is 1. The third kappa shape index (κ3) is 2.56. The third-order valence-electron chi connectivity index (χ3n) is 4.90. The minimum atomic E-state index is -0.915. The monoisotopic (exact) mass is 277 g/mol. The van der Waals surface area contributed by atoms with E-state index in [4.69, 9.17) is 4.74 Å². The maximum Gasteiger partial charge on any atom is 0.303 e. The Bertz CT molecular complexity index is 451. The van der Waals surface area contributed by atoms with E-state index < -0.39 is 11.7 Å². The van der Waals surface area contributed by atoms with Crippen LogP contribution >= 0.6 is 0 Å². The summed E-state index contributed by atoms with van der Waals surface area (Å²) in [5.41, 5.74) is 1.19. The number of hydrogen-bond acceptors (Lipinski definition) is 3. The van der Waals surface area contributed by atoms with Crippen molar-refractivity contribution in [3.63, 3.8) is 0 Å². The number of rotatable bonds is 2. The van der Waals surface area contributed by atoms with Crippen LogP contribution in [0.2, 0.25) is 0 Å². The van der Waals surface area contributed by atoms with Gasteiger partial charge in [0.2, 0.25) is 0 Å². The highest BCUT2D eigenvalue weighted by Gasteiger charge is 2.52. The fourth-order valence-electron chi connectivity index (χ4n) is 3.63. The van der Waals surface area contributed by atoms with Gasteiger partial charge in [-0.3, -0.25) is 4.79 Å². The highest BCUT2D eigenvalue weighted by atomic mass is 16.5. The predicted octanol–water partition coefficient (Wildman–Crippen LogP) is 3.05. The van der Waals surface area contributed by atoms with E-state index in [-0.39, 0.29) is 17.8 Å². The van der Waals surface area contributed by atoms with Crippen molar-refractivity contribution in [3.8, 4) is 0 Å². The zero-order valence-corrected chi connectivity index (χ0v) is 12.8. The van der Waals surface area contributed by atoms with E-state index in [1.54, 1.807) is 0 Å². The molecule has 0 aromatic heterocycles. The average molecular weight is 277 g/mol. The topological polar surface area (TPSA) is 46.5 Å². The van der Waals surface area contributed by atoms with E-state index in [0.717, 1.165) is 24.0 Å². The number of carbonyl (C=O) groups excluding carboxylic acids is 1. The predicted molar refractivity (Wildman–Crippen MR) is 78.8 cm³/mol. The van der Waals surface area contributed by atoms with Gasteiger partial charge in [0.05, 0.1) is 5.60 Å². The molecule has 0 aliphatic heterocycles. The number of esters is 1. The van der Waals surface area contributed by atoms with E-state index in [2.05, 4.69) is 19.6 Å². The second-order valence-electron chi connectivity index (χ2n) is 6.45. The molecule has 111 valence electrons. The van der Waals surface area contributed by atoms with Crippen LogP contribution in [0.4, 0.5) is 0 Å².